The van der Waals surface area contributed by atoms with Crippen LogP contribution in [0, 0.1) is 0 Å². The quantitative estimate of drug-likeness (QED) is 0.499. The van der Waals surface area contributed by atoms with E-state index < -0.39 is 0 Å². The number of likely N-dealkylation sites (N-methyl/N-ethyl adjacent to an activating group) is 1. The van der Waals surface area contributed by atoms with Gasteiger partial charge in [-0.05, 0) is 14.0 Å². The van der Waals surface area contributed by atoms with Gasteiger partial charge in [0.15, 0.2) is 0 Å². The summed E-state index contributed by atoms with van der Waals surface area (Å²) >= 11 is 0. The van der Waals surface area contributed by atoms with Gasteiger partial charge in [0.25, 0.3) is 0 Å². The van der Waals surface area contributed by atoms with Crippen molar-refractivity contribution < 1.29 is 4.79 Å². The molecule has 0 saturated carbocycles. The molecule has 1 saturated heterocycles. The molecular weight excluding hydrogens is 140 g/mol. The van der Waals surface area contributed by atoms with Crippen LogP contribution in [0.25, 0.3) is 0 Å². The molecule has 3 heteroatoms. The fraction of sp³-hybridized carbons (Fsp3) is 0.875. The van der Waals surface area contributed by atoms with E-state index in [4.69, 9.17) is 0 Å². The van der Waals surface area contributed by atoms with E-state index >= 15 is 0 Å². The minimum Gasteiger partial charge on any atom is -0.340 e. The predicted molar refractivity (Wildman–Crippen MR) is 44.3 cm³/mol. The van der Waals surface area contributed by atoms with E-state index in [0.717, 1.165) is 19.6 Å². The third kappa shape index (κ3) is 1.93. The summed E-state index contributed by atoms with van der Waals surface area (Å²) in [5, 5.41) is 0. The van der Waals surface area contributed by atoms with Crippen molar-refractivity contribution >= 4 is 5.91 Å². The van der Waals surface area contributed by atoms with Gasteiger partial charge in [-0.3, -0.25) is 4.79 Å². The molecule has 0 N–H and O–H groups in total. The molecule has 0 spiro atoms. The van der Waals surface area contributed by atoms with Crippen molar-refractivity contribution in [3.63, 3.8) is 0 Å². The molecule has 1 fully saturated rings. The Morgan fingerprint density at radius 3 is 2.55 bits per heavy atom. The van der Waals surface area contributed by atoms with E-state index in [0.29, 0.717) is 6.04 Å². The average molecular weight is 156 g/mol. The van der Waals surface area contributed by atoms with Crippen LogP contribution in [-0.4, -0.2) is 48.4 Å². The highest BCUT2D eigenvalue weighted by atomic mass is 16.2. The van der Waals surface area contributed by atoms with Gasteiger partial charge in [0, 0.05) is 32.6 Å². The van der Waals surface area contributed by atoms with E-state index in [1.54, 1.807) is 6.92 Å². The number of amides is 1. The maximum absolute atomic E-state index is 11.0. The molecule has 1 atom stereocenters. The van der Waals surface area contributed by atoms with Crippen molar-refractivity contribution in [1.82, 2.24) is 9.80 Å². The molecule has 64 valence electrons. The minimum absolute atomic E-state index is 0.199. The molecule has 3 nitrogen and oxygen atoms in total. The van der Waals surface area contributed by atoms with Gasteiger partial charge < -0.3 is 9.80 Å². The van der Waals surface area contributed by atoms with E-state index in [1.165, 1.54) is 0 Å². The van der Waals surface area contributed by atoms with Crippen molar-refractivity contribution in [1.29, 1.82) is 0 Å². The number of carbonyl (C=O) groups excluding carboxylic acids is 1. The van der Waals surface area contributed by atoms with E-state index in [9.17, 15) is 4.79 Å². The van der Waals surface area contributed by atoms with Gasteiger partial charge >= 0.3 is 0 Å². The summed E-state index contributed by atoms with van der Waals surface area (Å²) in [6.45, 7) is 6.55. The van der Waals surface area contributed by atoms with Crippen molar-refractivity contribution in [2.75, 3.05) is 26.7 Å². The fourth-order valence-corrected chi connectivity index (χ4v) is 1.33. The van der Waals surface area contributed by atoms with Gasteiger partial charge in [0.2, 0.25) is 5.91 Å². The normalized spacial score (nSPS) is 27.2. The molecule has 0 radical (unpaired) electrons. The maximum Gasteiger partial charge on any atom is 0.219 e. The van der Waals surface area contributed by atoms with Crippen LogP contribution >= 0.6 is 0 Å². The van der Waals surface area contributed by atoms with Crippen LogP contribution in [0.15, 0.2) is 0 Å². The summed E-state index contributed by atoms with van der Waals surface area (Å²) in [5.41, 5.74) is 0. The maximum atomic E-state index is 11.0. The van der Waals surface area contributed by atoms with Gasteiger partial charge in [0.1, 0.15) is 0 Å². The molecule has 0 aliphatic carbocycles. The molecule has 0 bridgehead atoms. The topological polar surface area (TPSA) is 23.6 Å². The summed E-state index contributed by atoms with van der Waals surface area (Å²) in [4.78, 5) is 15.1. The Hall–Kier alpha value is -0.570. The van der Waals surface area contributed by atoms with Crippen molar-refractivity contribution in [3.05, 3.63) is 0 Å². The summed E-state index contributed by atoms with van der Waals surface area (Å²) in [7, 11) is 2.10. The highest BCUT2D eigenvalue weighted by Gasteiger charge is 2.21. The van der Waals surface area contributed by atoms with Crippen LogP contribution in [-0.2, 0) is 4.79 Å². The molecule has 1 amide bonds. The SMILES string of the molecule is CC(=O)N1CCN(C)[C@@H](C)C1. The third-order valence-corrected chi connectivity index (χ3v) is 2.41. The van der Waals surface area contributed by atoms with Gasteiger partial charge in [-0.25, -0.2) is 0 Å². The Kier molecular flexibility index (Phi) is 2.49. The van der Waals surface area contributed by atoms with E-state index in [1.807, 2.05) is 4.90 Å². The zero-order valence-corrected chi connectivity index (χ0v) is 7.50. The predicted octanol–water partition coefficient (Wildman–Crippen LogP) is 0.169. The number of nitrogens with zero attached hydrogens (tertiary/aromatic N) is 2. The van der Waals surface area contributed by atoms with E-state index in [-0.39, 0.29) is 5.91 Å². The first kappa shape index (κ1) is 8.53. The lowest BCUT2D eigenvalue weighted by Gasteiger charge is -2.37. The number of hydrogen-bond acceptors (Lipinski definition) is 2. The molecule has 0 unspecified atom stereocenters. The lowest BCUT2D eigenvalue weighted by molar-refractivity contribution is -0.131. The Morgan fingerprint density at radius 1 is 1.45 bits per heavy atom. The summed E-state index contributed by atoms with van der Waals surface area (Å²) in [5.74, 6) is 0.199. The van der Waals surface area contributed by atoms with E-state index in [2.05, 4.69) is 18.9 Å². The number of hydrogen-bond donors (Lipinski definition) is 0. The molecular formula is C8H16N2O. The molecule has 1 aliphatic heterocycles. The highest BCUT2D eigenvalue weighted by molar-refractivity contribution is 5.73. The van der Waals surface area contributed by atoms with Gasteiger partial charge in [-0.2, -0.15) is 0 Å². The van der Waals surface area contributed by atoms with Crippen LogP contribution in [0.4, 0.5) is 0 Å². The monoisotopic (exact) mass is 156 g/mol. The Labute approximate surface area is 68.0 Å². The molecule has 0 aromatic rings. The van der Waals surface area contributed by atoms with Crippen LogP contribution in [0.5, 0.6) is 0 Å². The van der Waals surface area contributed by atoms with Crippen molar-refractivity contribution in [3.8, 4) is 0 Å². The van der Waals surface area contributed by atoms with Crippen LogP contribution < -0.4 is 0 Å². The second-order valence-electron chi connectivity index (χ2n) is 3.29. The van der Waals surface area contributed by atoms with Crippen LogP contribution in [0.1, 0.15) is 13.8 Å². The molecule has 1 rings (SSSR count). The molecule has 1 heterocycles. The van der Waals surface area contributed by atoms with Crippen molar-refractivity contribution in [2.24, 2.45) is 0 Å². The molecule has 1 aliphatic rings. The fourth-order valence-electron chi connectivity index (χ4n) is 1.33. The smallest absolute Gasteiger partial charge is 0.219 e. The van der Waals surface area contributed by atoms with Gasteiger partial charge in [-0.1, -0.05) is 0 Å². The lowest BCUT2D eigenvalue weighted by atomic mass is 10.2. The highest BCUT2D eigenvalue weighted by Crippen LogP contribution is 2.06. The minimum atomic E-state index is 0.199. The second-order valence-corrected chi connectivity index (χ2v) is 3.29. The first-order valence-corrected chi connectivity index (χ1v) is 4.07. The largest absolute Gasteiger partial charge is 0.340 e. The first-order valence-electron chi connectivity index (χ1n) is 4.07. The summed E-state index contributed by atoms with van der Waals surface area (Å²) in [6, 6.07) is 0.507. The van der Waals surface area contributed by atoms with Crippen LogP contribution in [0.3, 0.4) is 0 Å². The zero-order valence-electron chi connectivity index (χ0n) is 7.50. The summed E-state index contributed by atoms with van der Waals surface area (Å²) < 4.78 is 0. The second kappa shape index (κ2) is 3.22. The Balaban J connectivity index is 2.46. The Morgan fingerprint density at radius 2 is 2.09 bits per heavy atom. The number of rotatable bonds is 0. The molecule has 11 heavy (non-hydrogen) atoms. The third-order valence-electron chi connectivity index (χ3n) is 2.41. The zero-order chi connectivity index (χ0) is 8.43. The average Bonchev–Trinajstić information content (AvgIpc) is 1.94. The van der Waals surface area contributed by atoms with Crippen LogP contribution in [0.2, 0.25) is 0 Å². The molecule has 0 aromatic carbocycles. The number of carbonyl (C=O) groups is 1. The molecule has 0 aromatic heterocycles. The number of piperazine rings is 1. The van der Waals surface area contributed by atoms with Gasteiger partial charge in [-0.15, -0.1) is 0 Å². The lowest BCUT2D eigenvalue weighted by Crippen LogP contribution is -2.51. The standard InChI is InChI=1S/C8H16N2O/c1-7-6-10(8(2)11)5-4-9(7)3/h7H,4-6H2,1-3H3/t7-/m0/s1. The summed E-state index contributed by atoms with van der Waals surface area (Å²) in [6.07, 6.45) is 0. The van der Waals surface area contributed by atoms with Crippen molar-refractivity contribution in [2.45, 2.75) is 19.9 Å². The Bertz CT molecular complexity index is 158. The first-order chi connectivity index (χ1) is 5.11. The van der Waals surface area contributed by atoms with Gasteiger partial charge in [0.05, 0.1) is 0 Å².